The van der Waals surface area contributed by atoms with Crippen molar-refractivity contribution in [2.24, 2.45) is 0 Å². The summed E-state index contributed by atoms with van der Waals surface area (Å²) in [7, 11) is 0. The van der Waals surface area contributed by atoms with Crippen molar-refractivity contribution in [1.29, 1.82) is 0 Å². The van der Waals surface area contributed by atoms with Crippen LogP contribution in [0.1, 0.15) is 47.3 Å². The number of carbonyl (C=O) groups is 1. The first-order valence-electron chi connectivity index (χ1n) is 9.85. The van der Waals surface area contributed by atoms with Crippen molar-refractivity contribution < 1.29 is 9.53 Å². The van der Waals surface area contributed by atoms with Crippen molar-refractivity contribution in [3.8, 4) is 5.75 Å². The average molecular weight is 375 g/mol. The molecule has 1 atom stereocenters. The van der Waals surface area contributed by atoms with E-state index in [0.717, 1.165) is 36.3 Å². The first-order valence-corrected chi connectivity index (χ1v) is 9.85. The van der Waals surface area contributed by atoms with Gasteiger partial charge >= 0.3 is 0 Å². The number of likely N-dealkylation sites (tertiary alicyclic amines) is 1. The minimum atomic E-state index is 0.0964. The van der Waals surface area contributed by atoms with E-state index < -0.39 is 0 Å². The largest absolute Gasteiger partial charge is 0.494 e. The smallest absolute Gasteiger partial charge is 0.254 e. The fraction of sp³-hybridized carbons (Fsp3) is 0.304. The van der Waals surface area contributed by atoms with Gasteiger partial charge in [0.05, 0.1) is 19.2 Å². The number of carbonyl (C=O) groups excluding carboxylic acids is 1. The number of benzene rings is 2. The molecular weight excluding hydrogens is 350 g/mol. The molecule has 1 unspecified atom stereocenters. The summed E-state index contributed by atoms with van der Waals surface area (Å²) in [6.45, 7) is 4.01. The van der Waals surface area contributed by atoms with Crippen LogP contribution in [-0.2, 0) is 6.54 Å². The van der Waals surface area contributed by atoms with Gasteiger partial charge in [-0.3, -0.25) is 9.48 Å². The molecule has 0 aliphatic carbocycles. The van der Waals surface area contributed by atoms with Gasteiger partial charge in [-0.15, -0.1) is 0 Å². The van der Waals surface area contributed by atoms with Gasteiger partial charge in [0.2, 0.25) is 0 Å². The van der Waals surface area contributed by atoms with Crippen LogP contribution in [0.2, 0.25) is 0 Å². The molecule has 5 nitrogen and oxygen atoms in total. The lowest BCUT2D eigenvalue weighted by Crippen LogP contribution is -2.31. The number of amides is 1. The highest BCUT2D eigenvalue weighted by atomic mass is 16.5. The zero-order valence-electron chi connectivity index (χ0n) is 16.1. The molecule has 5 heteroatoms. The van der Waals surface area contributed by atoms with Crippen LogP contribution in [0.5, 0.6) is 5.75 Å². The third-order valence-electron chi connectivity index (χ3n) is 5.23. The van der Waals surface area contributed by atoms with Gasteiger partial charge in [0.15, 0.2) is 0 Å². The number of aromatic nitrogens is 2. The minimum absolute atomic E-state index is 0.0964. The maximum atomic E-state index is 13.4. The molecule has 1 saturated heterocycles. The Labute approximate surface area is 165 Å². The van der Waals surface area contributed by atoms with Crippen molar-refractivity contribution in [3.63, 3.8) is 0 Å². The molecule has 0 saturated carbocycles. The Hall–Kier alpha value is -3.08. The zero-order chi connectivity index (χ0) is 19.3. The summed E-state index contributed by atoms with van der Waals surface area (Å²) in [5.41, 5.74) is 2.92. The van der Waals surface area contributed by atoms with Gasteiger partial charge in [-0.2, -0.15) is 5.10 Å². The van der Waals surface area contributed by atoms with Gasteiger partial charge < -0.3 is 9.64 Å². The second-order valence-corrected chi connectivity index (χ2v) is 7.02. The van der Waals surface area contributed by atoms with Crippen molar-refractivity contribution in [3.05, 3.63) is 83.7 Å². The van der Waals surface area contributed by atoms with Crippen LogP contribution in [0.3, 0.4) is 0 Å². The predicted molar refractivity (Wildman–Crippen MR) is 108 cm³/mol. The summed E-state index contributed by atoms with van der Waals surface area (Å²) >= 11 is 0. The zero-order valence-corrected chi connectivity index (χ0v) is 16.1. The number of hydrogen-bond acceptors (Lipinski definition) is 3. The van der Waals surface area contributed by atoms with E-state index >= 15 is 0 Å². The molecule has 0 spiro atoms. The summed E-state index contributed by atoms with van der Waals surface area (Å²) in [5, 5.41) is 4.28. The highest BCUT2D eigenvalue weighted by Gasteiger charge is 2.31. The Morgan fingerprint density at radius 3 is 2.71 bits per heavy atom. The van der Waals surface area contributed by atoms with E-state index in [1.165, 1.54) is 5.56 Å². The van der Waals surface area contributed by atoms with Crippen LogP contribution < -0.4 is 4.74 Å². The van der Waals surface area contributed by atoms with Gasteiger partial charge in [0, 0.05) is 24.5 Å². The molecule has 144 valence electrons. The summed E-state index contributed by atoms with van der Waals surface area (Å²) < 4.78 is 7.39. The summed E-state index contributed by atoms with van der Waals surface area (Å²) in [6, 6.07) is 18.0. The number of rotatable bonds is 6. The fourth-order valence-corrected chi connectivity index (χ4v) is 3.90. The molecule has 2 aromatic carbocycles. The second kappa shape index (κ2) is 8.30. The Kier molecular flexibility index (Phi) is 5.42. The third-order valence-corrected chi connectivity index (χ3v) is 5.23. The van der Waals surface area contributed by atoms with Gasteiger partial charge in [-0.1, -0.05) is 30.3 Å². The van der Waals surface area contributed by atoms with Crippen LogP contribution in [0.15, 0.2) is 67.0 Å². The molecule has 1 aliphatic heterocycles. The maximum Gasteiger partial charge on any atom is 0.254 e. The predicted octanol–water partition coefficient (Wildman–Crippen LogP) is 4.31. The third kappa shape index (κ3) is 3.79. The molecule has 0 bridgehead atoms. The van der Waals surface area contributed by atoms with Crippen molar-refractivity contribution in [2.75, 3.05) is 13.2 Å². The molecule has 1 fully saturated rings. The molecule has 1 aliphatic rings. The highest BCUT2D eigenvalue weighted by Crippen LogP contribution is 2.34. The average Bonchev–Trinajstić information content (AvgIpc) is 3.41. The quantitative estimate of drug-likeness (QED) is 0.645. The lowest BCUT2D eigenvalue weighted by atomic mass is 10.0. The Morgan fingerprint density at radius 1 is 1.14 bits per heavy atom. The standard InChI is InChI=1S/C23H25N3O2/c1-2-28-20-12-10-18(11-13-20)22-9-5-16-26(22)23(27)21-8-4-3-7-19(21)17-25-15-6-14-24-25/h3-4,6-8,10-15,22H,2,5,9,16-17H2,1H3. The SMILES string of the molecule is CCOc1ccc(C2CCCN2C(=O)c2ccccc2Cn2cccn2)cc1. The van der Waals surface area contributed by atoms with E-state index in [2.05, 4.69) is 17.2 Å². The molecule has 3 aromatic rings. The summed E-state index contributed by atoms with van der Waals surface area (Å²) in [4.78, 5) is 15.4. The van der Waals surface area contributed by atoms with Crippen LogP contribution >= 0.6 is 0 Å². The number of hydrogen-bond donors (Lipinski definition) is 0. The number of ether oxygens (including phenoxy) is 1. The van der Waals surface area contributed by atoms with Gasteiger partial charge in [0.1, 0.15) is 5.75 Å². The molecule has 1 amide bonds. The van der Waals surface area contributed by atoms with Crippen LogP contribution in [0.25, 0.3) is 0 Å². The summed E-state index contributed by atoms with van der Waals surface area (Å²) in [5.74, 6) is 0.964. The van der Waals surface area contributed by atoms with Gasteiger partial charge in [-0.25, -0.2) is 0 Å². The molecule has 0 N–H and O–H groups in total. The lowest BCUT2D eigenvalue weighted by molar-refractivity contribution is 0.0734. The van der Waals surface area contributed by atoms with E-state index in [1.54, 1.807) is 6.20 Å². The van der Waals surface area contributed by atoms with E-state index in [0.29, 0.717) is 13.2 Å². The molecule has 4 rings (SSSR count). The van der Waals surface area contributed by atoms with E-state index in [1.807, 2.05) is 65.2 Å². The summed E-state index contributed by atoms with van der Waals surface area (Å²) in [6.07, 6.45) is 5.68. The fourth-order valence-electron chi connectivity index (χ4n) is 3.90. The van der Waals surface area contributed by atoms with E-state index in [-0.39, 0.29) is 11.9 Å². The van der Waals surface area contributed by atoms with Crippen molar-refractivity contribution >= 4 is 5.91 Å². The molecular formula is C23H25N3O2. The first kappa shape index (κ1) is 18.3. The minimum Gasteiger partial charge on any atom is -0.494 e. The van der Waals surface area contributed by atoms with E-state index in [9.17, 15) is 4.79 Å². The van der Waals surface area contributed by atoms with Gasteiger partial charge in [0.25, 0.3) is 5.91 Å². The van der Waals surface area contributed by atoms with Crippen LogP contribution in [0.4, 0.5) is 0 Å². The van der Waals surface area contributed by atoms with Crippen LogP contribution in [0, 0.1) is 0 Å². The Morgan fingerprint density at radius 2 is 1.96 bits per heavy atom. The highest BCUT2D eigenvalue weighted by molar-refractivity contribution is 5.96. The first-order chi connectivity index (χ1) is 13.8. The lowest BCUT2D eigenvalue weighted by Gasteiger charge is -2.26. The monoisotopic (exact) mass is 375 g/mol. The Bertz CT molecular complexity index is 919. The maximum absolute atomic E-state index is 13.4. The topological polar surface area (TPSA) is 47.4 Å². The molecule has 2 heterocycles. The normalized spacial score (nSPS) is 16.3. The van der Waals surface area contributed by atoms with Gasteiger partial charge in [-0.05, 0) is 55.2 Å². The van der Waals surface area contributed by atoms with Crippen LogP contribution in [-0.4, -0.2) is 33.7 Å². The molecule has 28 heavy (non-hydrogen) atoms. The van der Waals surface area contributed by atoms with Crippen molar-refractivity contribution in [2.45, 2.75) is 32.4 Å². The second-order valence-electron chi connectivity index (χ2n) is 7.02. The molecule has 0 radical (unpaired) electrons. The van der Waals surface area contributed by atoms with Crippen molar-refractivity contribution in [1.82, 2.24) is 14.7 Å². The Balaban J connectivity index is 1.57. The molecule has 1 aromatic heterocycles. The van der Waals surface area contributed by atoms with E-state index in [4.69, 9.17) is 4.74 Å². The number of nitrogens with zero attached hydrogens (tertiary/aromatic N) is 3.